The van der Waals surface area contributed by atoms with E-state index in [0.29, 0.717) is 28.8 Å². The molecular formula is C22H24N2O2S. The molecule has 1 aliphatic rings. The van der Waals surface area contributed by atoms with Gasteiger partial charge in [0.2, 0.25) is 0 Å². The van der Waals surface area contributed by atoms with Crippen LogP contribution in [0.25, 0.3) is 0 Å². The number of ketones is 1. The molecule has 4 nitrogen and oxygen atoms in total. The minimum atomic E-state index is -0.325. The first-order valence-electron chi connectivity index (χ1n) is 9.06. The summed E-state index contributed by atoms with van der Waals surface area (Å²) >= 11 is 5.34. The van der Waals surface area contributed by atoms with Gasteiger partial charge in [0.15, 0.2) is 10.9 Å². The third-order valence-corrected chi connectivity index (χ3v) is 4.54. The lowest BCUT2D eigenvalue weighted by atomic mass is 9.89. The van der Waals surface area contributed by atoms with Gasteiger partial charge in [0.1, 0.15) is 5.75 Å². The average molecular weight is 381 g/mol. The Labute approximate surface area is 165 Å². The number of carbonyl (C=O) groups excluding carboxylic acids is 1. The van der Waals surface area contributed by atoms with E-state index in [1.807, 2.05) is 61.5 Å². The van der Waals surface area contributed by atoms with Crippen molar-refractivity contribution in [3.8, 4) is 5.75 Å². The Morgan fingerprint density at radius 2 is 1.89 bits per heavy atom. The van der Waals surface area contributed by atoms with E-state index in [4.69, 9.17) is 17.0 Å². The number of carbonyl (C=O) groups is 1. The molecule has 2 aromatic carbocycles. The predicted octanol–water partition coefficient (Wildman–Crippen LogP) is 4.40. The summed E-state index contributed by atoms with van der Waals surface area (Å²) in [5.74, 6) is 1.21. The van der Waals surface area contributed by atoms with Gasteiger partial charge in [0, 0.05) is 16.8 Å². The van der Waals surface area contributed by atoms with Crippen LogP contribution in [0.5, 0.6) is 5.75 Å². The van der Waals surface area contributed by atoms with E-state index in [9.17, 15) is 4.79 Å². The third-order valence-electron chi connectivity index (χ3n) is 4.32. The third kappa shape index (κ3) is 4.55. The summed E-state index contributed by atoms with van der Waals surface area (Å²) in [6, 6.07) is 16.8. The fraction of sp³-hybridized carbons (Fsp3) is 0.273. The van der Waals surface area contributed by atoms with Crippen LogP contribution in [0.4, 0.5) is 0 Å². The van der Waals surface area contributed by atoms with E-state index in [-0.39, 0.29) is 11.8 Å². The van der Waals surface area contributed by atoms with Crippen molar-refractivity contribution >= 4 is 23.1 Å². The number of rotatable bonds is 6. The van der Waals surface area contributed by atoms with Gasteiger partial charge in [-0.05, 0) is 42.8 Å². The monoisotopic (exact) mass is 380 g/mol. The van der Waals surface area contributed by atoms with Crippen LogP contribution in [0.2, 0.25) is 0 Å². The summed E-state index contributed by atoms with van der Waals surface area (Å²) in [7, 11) is 0. The van der Waals surface area contributed by atoms with E-state index >= 15 is 0 Å². The second-order valence-electron chi connectivity index (χ2n) is 7.04. The number of thiocarbonyl (C=S) groups is 1. The molecule has 1 heterocycles. The van der Waals surface area contributed by atoms with Crippen molar-refractivity contribution in [2.24, 2.45) is 5.92 Å². The first-order valence-corrected chi connectivity index (χ1v) is 9.47. The number of Topliss-reactive ketones (excluding diaryl/α,β-unsaturated/α-hetero) is 1. The maximum atomic E-state index is 13.2. The summed E-state index contributed by atoms with van der Waals surface area (Å²) in [5.41, 5.74) is 3.03. The molecule has 0 radical (unpaired) electrons. The van der Waals surface area contributed by atoms with Gasteiger partial charge in [0.25, 0.3) is 0 Å². The molecular weight excluding hydrogens is 356 g/mol. The van der Waals surface area contributed by atoms with Crippen LogP contribution in [-0.2, 0) is 0 Å². The molecule has 140 valence electrons. The van der Waals surface area contributed by atoms with Gasteiger partial charge in [-0.1, -0.05) is 56.3 Å². The molecule has 2 N–H and O–H groups in total. The smallest absolute Gasteiger partial charge is 0.193 e. The summed E-state index contributed by atoms with van der Waals surface area (Å²) in [6.07, 6.45) is 0. The Bertz CT molecular complexity index is 875. The van der Waals surface area contributed by atoms with Gasteiger partial charge in [0.05, 0.1) is 12.6 Å². The number of benzene rings is 2. The minimum absolute atomic E-state index is 0.0194. The molecule has 3 rings (SSSR count). The van der Waals surface area contributed by atoms with E-state index in [1.54, 1.807) is 0 Å². The van der Waals surface area contributed by atoms with Gasteiger partial charge in [-0.15, -0.1) is 0 Å². The highest BCUT2D eigenvalue weighted by molar-refractivity contribution is 7.80. The molecule has 0 fully saturated rings. The quantitative estimate of drug-likeness (QED) is 0.575. The Morgan fingerprint density at radius 3 is 2.59 bits per heavy atom. The van der Waals surface area contributed by atoms with E-state index in [2.05, 4.69) is 24.5 Å². The molecule has 2 aromatic rings. The Morgan fingerprint density at radius 1 is 1.15 bits per heavy atom. The van der Waals surface area contributed by atoms with Crippen molar-refractivity contribution in [3.05, 3.63) is 77.0 Å². The molecule has 0 aromatic heterocycles. The first-order chi connectivity index (χ1) is 13.0. The van der Waals surface area contributed by atoms with Crippen LogP contribution >= 0.6 is 12.2 Å². The molecule has 0 spiro atoms. The molecule has 27 heavy (non-hydrogen) atoms. The van der Waals surface area contributed by atoms with Crippen molar-refractivity contribution in [2.75, 3.05) is 6.61 Å². The van der Waals surface area contributed by atoms with Crippen LogP contribution in [0.3, 0.4) is 0 Å². The Kier molecular flexibility index (Phi) is 5.91. The largest absolute Gasteiger partial charge is 0.493 e. The minimum Gasteiger partial charge on any atom is -0.493 e. The zero-order valence-corrected chi connectivity index (χ0v) is 16.6. The summed E-state index contributed by atoms with van der Waals surface area (Å²) in [4.78, 5) is 13.2. The summed E-state index contributed by atoms with van der Waals surface area (Å²) < 4.78 is 5.86. The van der Waals surface area contributed by atoms with Crippen molar-refractivity contribution in [1.29, 1.82) is 0 Å². The molecule has 0 amide bonds. The molecule has 1 atom stereocenters. The zero-order chi connectivity index (χ0) is 19.4. The van der Waals surface area contributed by atoms with Crippen LogP contribution in [0.15, 0.2) is 65.9 Å². The zero-order valence-electron chi connectivity index (χ0n) is 15.8. The second-order valence-corrected chi connectivity index (χ2v) is 7.45. The maximum absolute atomic E-state index is 13.2. The molecule has 0 aliphatic carbocycles. The predicted molar refractivity (Wildman–Crippen MR) is 112 cm³/mol. The van der Waals surface area contributed by atoms with Crippen LogP contribution in [0.1, 0.15) is 42.7 Å². The standard InChI is InChI=1S/C22H24N2O2S/c1-14(2)13-26-18-11-7-10-17(12-18)20-19(15(3)23-22(27)24-20)21(25)16-8-5-4-6-9-16/h4-12,14,20H,13H2,1-3H3,(H2,23,24,27). The SMILES string of the molecule is CC1=C(C(=O)c2ccccc2)C(c2cccc(OCC(C)C)c2)NC(=S)N1. The van der Waals surface area contributed by atoms with Crippen molar-refractivity contribution < 1.29 is 9.53 Å². The molecule has 0 saturated heterocycles. The van der Waals surface area contributed by atoms with Crippen LogP contribution < -0.4 is 15.4 Å². The van der Waals surface area contributed by atoms with Crippen LogP contribution in [0, 0.1) is 5.92 Å². The summed E-state index contributed by atoms with van der Waals surface area (Å²) in [6.45, 7) is 6.75. The van der Waals surface area contributed by atoms with Crippen molar-refractivity contribution in [2.45, 2.75) is 26.8 Å². The second kappa shape index (κ2) is 8.35. The van der Waals surface area contributed by atoms with Gasteiger partial charge >= 0.3 is 0 Å². The van der Waals surface area contributed by atoms with Gasteiger partial charge < -0.3 is 15.4 Å². The van der Waals surface area contributed by atoms with Gasteiger partial charge in [-0.3, -0.25) is 4.79 Å². The number of hydrogen-bond acceptors (Lipinski definition) is 3. The Hall–Kier alpha value is -2.66. The van der Waals surface area contributed by atoms with Crippen LogP contribution in [-0.4, -0.2) is 17.5 Å². The number of allylic oxidation sites excluding steroid dienone is 1. The molecule has 5 heteroatoms. The molecule has 0 bridgehead atoms. The topological polar surface area (TPSA) is 50.4 Å². The molecule has 1 aliphatic heterocycles. The highest BCUT2D eigenvalue weighted by Crippen LogP contribution is 2.31. The molecule has 0 saturated carbocycles. The number of hydrogen-bond donors (Lipinski definition) is 2. The van der Waals surface area contributed by atoms with Gasteiger partial charge in [-0.2, -0.15) is 0 Å². The first kappa shape index (κ1) is 19.1. The lowest BCUT2D eigenvalue weighted by Crippen LogP contribution is -2.44. The van der Waals surface area contributed by atoms with Crippen molar-refractivity contribution in [3.63, 3.8) is 0 Å². The molecule has 1 unspecified atom stereocenters. The van der Waals surface area contributed by atoms with Crippen molar-refractivity contribution in [1.82, 2.24) is 10.6 Å². The maximum Gasteiger partial charge on any atom is 0.193 e. The Balaban J connectivity index is 1.97. The lowest BCUT2D eigenvalue weighted by Gasteiger charge is -2.30. The van der Waals surface area contributed by atoms with E-state index < -0.39 is 0 Å². The number of nitrogens with one attached hydrogen (secondary N) is 2. The van der Waals surface area contributed by atoms with Gasteiger partial charge in [-0.25, -0.2) is 0 Å². The highest BCUT2D eigenvalue weighted by atomic mass is 32.1. The fourth-order valence-corrected chi connectivity index (χ4v) is 3.31. The number of ether oxygens (including phenoxy) is 1. The lowest BCUT2D eigenvalue weighted by molar-refractivity contribution is 0.102. The fourth-order valence-electron chi connectivity index (χ4n) is 3.04. The summed E-state index contributed by atoms with van der Waals surface area (Å²) in [5, 5.41) is 6.83. The van der Waals surface area contributed by atoms with E-state index in [1.165, 1.54) is 0 Å². The average Bonchev–Trinajstić information content (AvgIpc) is 2.66. The highest BCUT2D eigenvalue weighted by Gasteiger charge is 2.30. The van der Waals surface area contributed by atoms with E-state index in [0.717, 1.165) is 17.0 Å². The normalized spacial score (nSPS) is 16.7.